The van der Waals surface area contributed by atoms with E-state index in [0.29, 0.717) is 6.04 Å². The Morgan fingerprint density at radius 3 is 2.57 bits per heavy atom. The highest BCUT2D eigenvalue weighted by Gasteiger charge is 2.24. The Morgan fingerprint density at radius 1 is 1.29 bits per heavy atom. The molecule has 1 aliphatic carbocycles. The van der Waals surface area contributed by atoms with E-state index in [2.05, 4.69) is 19.2 Å². The Bertz CT molecular complexity index is 222. The van der Waals surface area contributed by atoms with Gasteiger partial charge in [-0.15, -0.1) is 0 Å². The molecule has 1 aliphatic rings. The molecule has 0 bridgehead atoms. The monoisotopic (exact) mass is 195 g/mol. The van der Waals surface area contributed by atoms with Gasteiger partial charge in [0.25, 0.3) is 0 Å². The lowest BCUT2D eigenvalue weighted by atomic mass is 9.79. The molecule has 0 aliphatic heterocycles. The molecule has 0 heterocycles. The van der Waals surface area contributed by atoms with Crippen LogP contribution in [0.2, 0.25) is 0 Å². The molecule has 3 atom stereocenters. The van der Waals surface area contributed by atoms with Crippen LogP contribution in [0.3, 0.4) is 0 Å². The fraction of sp³-hybridized carbons (Fsp3) is 0.750. The van der Waals surface area contributed by atoms with E-state index in [1.807, 2.05) is 6.92 Å². The summed E-state index contributed by atoms with van der Waals surface area (Å²) in [5.41, 5.74) is 0. The van der Waals surface area contributed by atoms with Crippen LogP contribution in [0.25, 0.3) is 0 Å². The van der Waals surface area contributed by atoms with E-state index in [1.165, 1.54) is 6.42 Å². The molecule has 0 aromatic heterocycles. The molecule has 0 radical (unpaired) electrons. The SMILES string of the molecule is CC=CC(=O)NC1CCC(C)C(C)C1. The lowest BCUT2D eigenvalue weighted by Crippen LogP contribution is -2.39. The summed E-state index contributed by atoms with van der Waals surface area (Å²) >= 11 is 0. The lowest BCUT2D eigenvalue weighted by molar-refractivity contribution is -0.117. The van der Waals surface area contributed by atoms with E-state index in [-0.39, 0.29) is 5.91 Å². The molecule has 0 saturated heterocycles. The number of rotatable bonds is 2. The van der Waals surface area contributed by atoms with Gasteiger partial charge in [0, 0.05) is 6.04 Å². The minimum atomic E-state index is 0.0549. The van der Waals surface area contributed by atoms with Crippen LogP contribution < -0.4 is 5.32 Å². The zero-order valence-electron chi connectivity index (χ0n) is 9.42. The van der Waals surface area contributed by atoms with Gasteiger partial charge in [0.1, 0.15) is 0 Å². The minimum Gasteiger partial charge on any atom is -0.350 e. The van der Waals surface area contributed by atoms with Gasteiger partial charge >= 0.3 is 0 Å². The molecule has 0 aromatic carbocycles. The predicted octanol–water partition coefficient (Wildman–Crippen LogP) is 2.50. The molecule has 1 N–H and O–H groups in total. The van der Waals surface area contributed by atoms with Crippen molar-refractivity contribution in [3.63, 3.8) is 0 Å². The van der Waals surface area contributed by atoms with Crippen LogP contribution in [-0.2, 0) is 4.79 Å². The zero-order chi connectivity index (χ0) is 10.6. The van der Waals surface area contributed by atoms with Crippen LogP contribution >= 0.6 is 0 Å². The maximum atomic E-state index is 11.3. The van der Waals surface area contributed by atoms with Gasteiger partial charge in [0.05, 0.1) is 0 Å². The van der Waals surface area contributed by atoms with Crippen molar-refractivity contribution in [1.82, 2.24) is 5.32 Å². The highest BCUT2D eigenvalue weighted by atomic mass is 16.1. The van der Waals surface area contributed by atoms with Gasteiger partial charge < -0.3 is 5.32 Å². The van der Waals surface area contributed by atoms with E-state index >= 15 is 0 Å². The summed E-state index contributed by atoms with van der Waals surface area (Å²) < 4.78 is 0. The summed E-state index contributed by atoms with van der Waals surface area (Å²) in [5.74, 6) is 1.60. The maximum absolute atomic E-state index is 11.3. The van der Waals surface area contributed by atoms with Crippen molar-refractivity contribution in [2.24, 2.45) is 11.8 Å². The first-order chi connectivity index (χ1) is 6.63. The number of hydrogen-bond donors (Lipinski definition) is 1. The first kappa shape index (κ1) is 11.3. The lowest BCUT2D eigenvalue weighted by Gasteiger charge is -2.32. The smallest absolute Gasteiger partial charge is 0.243 e. The summed E-state index contributed by atoms with van der Waals surface area (Å²) in [5, 5.41) is 3.04. The van der Waals surface area contributed by atoms with Gasteiger partial charge in [-0.3, -0.25) is 4.79 Å². The number of amides is 1. The number of allylic oxidation sites excluding steroid dienone is 1. The third-order valence-electron chi connectivity index (χ3n) is 3.26. The van der Waals surface area contributed by atoms with Crippen LogP contribution in [0.15, 0.2) is 12.2 Å². The number of carbonyl (C=O) groups is 1. The van der Waals surface area contributed by atoms with Crippen molar-refractivity contribution in [2.75, 3.05) is 0 Å². The van der Waals surface area contributed by atoms with Crippen LogP contribution in [0, 0.1) is 11.8 Å². The molecule has 0 spiro atoms. The number of carbonyl (C=O) groups excluding carboxylic acids is 1. The second-order valence-electron chi connectivity index (χ2n) is 4.47. The summed E-state index contributed by atoms with van der Waals surface area (Å²) in [6.07, 6.45) is 6.88. The molecular weight excluding hydrogens is 174 g/mol. The number of hydrogen-bond acceptors (Lipinski definition) is 1. The molecule has 14 heavy (non-hydrogen) atoms. The molecule has 3 unspecified atom stereocenters. The van der Waals surface area contributed by atoms with Gasteiger partial charge in [-0.05, 0) is 44.1 Å². The third kappa shape index (κ3) is 3.17. The van der Waals surface area contributed by atoms with E-state index in [4.69, 9.17) is 0 Å². The Hall–Kier alpha value is -0.790. The second kappa shape index (κ2) is 5.18. The van der Waals surface area contributed by atoms with Crippen molar-refractivity contribution >= 4 is 5.91 Å². The van der Waals surface area contributed by atoms with E-state index < -0.39 is 0 Å². The molecule has 0 aromatic rings. The fourth-order valence-corrected chi connectivity index (χ4v) is 2.08. The molecule has 80 valence electrons. The Kier molecular flexibility index (Phi) is 4.18. The predicted molar refractivity (Wildman–Crippen MR) is 58.9 cm³/mol. The van der Waals surface area contributed by atoms with Gasteiger partial charge in [-0.2, -0.15) is 0 Å². The second-order valence-corrected chi connectivity index (χ2v) is 4.47. The molecule has 2 heteroatoms. The van der Waals surface area contributed by atoms with Crippen molar-refractivity contribution in [3.8, 4) is 0 Å². The number of nitrogens with one attached hydrogen (secondary N) is 1. The van der Waals surface area contributed by atoms with Crippen molar-refractivity contribution in [1.29, 1.82) is 0 Å². The highest BCUT2D eigenvalue weighted by molar-refractivity contribution is 5.87. The first-order valence-electron chi connectivity index (χ1n) is 5.56. The van der Waals surface area contributed by atoms with Gasteiger partial charge in [-0.25, -0.2) is 0 Å². The topological polar surface area (TPSA) is 29.1 Å². The van der Waals surface area contributed by atoms with Gasteiger partial charge in [-0.1, -0.05) is 19.9 Å². The molecule has 1 saturated carbocycles. The zero-order valence-corrected chi connectivity index (χ0v) is 9.42. The quantitative estimate of drug-likeness (QED) is 0.674. The average molecular weight is 195 g/mol. The van der Waals surface area contributed by atoms with E-state index in [9.17, 15) is 4.79 Å². The van der Waals surface area contributed by atoms with Crippen LogP contribution in [0.5, 0.6) is 0 Å². The maximum Gasteiger partial charge on any atom is 0.243 e. The molecule has 1 fully saturated rings. The summed E-state index contributed by atoms with van der Waals surface area (Å²) in [4.78, 5) is 11.3. The van der Waals surface area contributed by atoms with Crippen LogP contribution in [0.1, 0.15) is 40.0 Å². The van der Waals surface area contributed by atoms with E-state index in [0.717, 1.165) is 24.7 Å². The summed E-state index contributed by atoms with van der Waals surface area (Å²) in [7, 11) is 0. The van der Waals surface area contributed by atoms with Crippen LogP contribution in [-0.4, -0.2) is 11.9 Å². The van der Waals surface area contributed by atoms with Crippen molar-refractivity contribution in [3.05, 3.63) is 12.2 Å². The van der Waals surface area contributed by atoms with Crippen molar-refractivity contribution in [2.45, 2.75) is 46.1 Å². The van der Waals surface area contributed by atoms with Crippen LogP contribution in [0.4, 0.5) is 0 Å². The summed E-state index contributed by atoms with van der Waals surface area (Å²) in [6.45, 7) is 6.44. The minimum absolute atomic E-state index is 0.0549. The van der Waals surface area contributed by atoms with Gasteiger partial charge in [0.15, 0.2) is 0 Å². The molecule has 1 rings (SSSR count). The fourth-order valence-electron chi connectivity index (χ4n) is 2.08. The summed E-state index contributed by atoms with van der Waals surface area (Å²) in [6, 6.07) is 0.393. The third-order valence-corrected chi connectivity index (χ3v) is 3.26. The highest BCUT2D eigenvalue weighted by Crippen LogP contribution is 2.29. The van der Waals surface area contributed by atoms with Gasteiger partial charge in [0.2, 0.25) is 5.91 Å². The Morgan fingerprint density at radius 2 is 2.00 bits per heavy atom. The average Bonchev–Trinajstić information content (AvgIpc) is 2.12. The Balaban J connectivity index is 2.36. The van der Waals surface area contributed by atoms with Crippen molar-refractivity contribution < 1.29 is 4.79 Å². The molecular formula is C12H21NO. The largest absolute Gasteiger partial charge is 0.350 e. The first-order valence-corrected chi connectivity index (χ1v) is 5.56. The molecule has 2 nitrogen and oxygen atoms in total. The Labute approximate surface area is 86.8 Å². The van der Waals surface area contributed by atoms with E-state index in [1.54, 1.807) is 12.2 Å². The normalized spacial score (nSPS) is 33.2. The standard InChI is InChI=1S/C12H21NO/c1-4-5-12(14)13-11-7-6-9(2)10(3)8-11/h4-5,9-11H,6-8H2,1-3H3,(H,13,14). The molecule has 1 amide bonds.